The van der Waals surface area contributed by atoms with Gasteiger partial charge in [-0.15, -0.1) is 11.3 Å². The smallest absolute Gasteiger partial charge is 0.408 e. The monoisotopic (exact) mass is 745 g/mol. The van der Waals surface area contributed by atoms with Crippen molar-refractivity contribution in [1.82, 2.24) is 25.5 Å². The number of methoxy groups -OCH3 is 1. The molecule has 5 atom stereocenters. The van der Waals surface area contributed by atoms with Crippen molar-refractivity contribution in [3.8, 4) is 22.2 Å². The molecule has 14 heteroatoms. The summed E-state index contributed by atoms with van der Waals surface area (Å²) in [5.74, 6) is -1.34. The van der Waals surface area contributed by atoms with E-state index >= 15 is 0 Å². The summed E-state index contributed by atoms with van der Waals surface area (Å²) in [7, 11) is 1.59. The Morgan fingerprint density at radius 3 is 2.68 bits per heavy atom. The number of allylic oxidation sites excluding steroid dienone is 1. The predicted octanol–water partition coefficient (Wildman–Crippen LogP) is 5.58. The zero-order chi connectivity index (χ0) is 37.5. The van der Waals surface area contributed by atoms with E-state index in [1.54, 1.807) is 39.2 Å². The van der Waals surface area contributed by atoms with Crippen molar-refractivity contribution in [3.63, 3.8) is 0 Å². The average Bonchev–Trinajstić information content (AvgIpc) is 3.42. The highest BCUT2D eigenvalue weighted by Crippen LogP contribution is 2.46. The fourth-order valence-electron chi connectivity index (χ4n) is 7.59. The molecule has 1 aromatic carbocycles. The van der Waals surface area contributed by atoms with Gasteiger partial charge in [-0.3, -0.25) is 9.59 Å². The van der Waals surface area contributed by atoms with E-state index in [4.69, 9.17) is 24.2 Å². The highest BCUT2D eigenvalue weighted by atomic mass is 32.1. The van der Waals surface area contributed by atoms with Gasteiger partial charge in [0, 0.05) is 34.7 Å². The summed E-state index contributed by atoms with van der Waals surface area (Å²) in [6.45, 7) is 5.27. The highest BCUT2D eigenvalue weighted by Gasteiger charge is 2.61. The summed E-state index contributed by atoms with van der Waals surface area (Å²) in [5, 5.41) is 17.3. The van der Waals surface area contributed by atoms with Crippen molar-refractivity contribution in [2.75, 3.05) is 13.7 Å². The van der Waals surface area contributed by atoms with E-state index in [1.165, 1.54) is 9.78 Å². The van der Waals surface area contributed by atoms with E-state index in [0.717, 1.165) is 54.6 Å². The zero-order valence-corrected chi connectivity index (χ0v) is 31.4. The van der Waals surface area contributed by atoms with Crippen molar-refractivity contribution in [2.24, 2.45) is 5.92 Å². The van der Waals surface area contributed by atoms with Crippen LogP contribution in [0.2, 0.25) is 0 Å². The lowest BCUT2D eigenvalue weighted by molar-refractivity contribution is -0.145. The number of pyridine rings is 1. The molecule has 13 nitrogen and oxygen atoms in total. The van der Waals surface area contributed by atoms with Crippen LogP contribution in [-0.4, -0.2) is 86.8 Å². The quantitative estimate of drug-likeness (QED) is 0.271. The van der Waals surface area contributed by atoms with Crippen LogP contribution >= 0.6 is 11.3 Å². The third-order valence-corrected chi connectivity index (χ3v) is 11.6. The van der Waals surface area contributed by atoms with Crippen molar-refractivity contribution < 1.29 is 38.5 Å². The Morgan fingerprint density at radius 2 is 1.92 bits per heavy atom. The van der Waals surface area contributed by atoms with Gasteiger partial charge in [-0.05, 0) is 77.8 Å². The van der Waals surface area contributed by atoms with Gasteiger partial charge in [0.25, 0.3) is 0 Å². The van der Waals surface area contributed by atoms with E-state index < -0.39 is 53.2 Å². The number of carbonyl (C=O) groups is 4. The number of hydrogen-bond donors (Lipinski definition) is 3. The number of benzene rings is 1. The molecule has 3 N–H and O–H groups in total. The number of thiazole rings is 1. The Morgan fingerprint density at radius 1 is 1.09 bits per heavy atom. The van der Waals surface area contributed by atoms with Gasteiger partial charge in [-0.25, -0.2) is 19.6 Å². The molecule has 53 heavy (non-hydrogen) atoms. The van der Waals surface area contributed by atoms with Crippen LogP contribution in [0, 0.1) is 5.92 Å². The molecule has 2 fully saturated rings. The van der Waals surface area contributed by atoms with Crippen LogP contribution in [0.25, 0.3) is 21.6 Å². The summed E-state index contributed by atoms with van der Waals surface area (Å²) >= 11 is 1.63. The summed E-state index contributed by atoms with van der Waals surface area (Å²) in [6.07, 6.45) is 9.26. The number of hydrogen-bond acceptors (Lipinski definition) is 10. The molecule has 0 bridgehead atoms. The minimum absolute atomic E-state index is 0.0354. The Hall–Kier alpha value is -4.72. The molecule has 2 aliphatic carbocycles. The zero-order valence-electron chi connectivity index (χ0n) is 30.6. The largest absolute Gasteiger partial charge is 0.497 e. The second-order valence-corrected chi connectivity index (χ2v) is 16.5. The van der Waals surface area contributed by atoms with Gasteiger partial charge < -0.3 is 34.9 Å². The number of carbonyl (C=O) groups excluding carboxylic acids is 3. The number of rotatable bonds is 6. The number of carboxylic acid groups (broad SMARTS) is 1. The molecule has 1 saturated carbocycles. The maximum atomic E-state index is 14.5. The number of aromatic nitrogens is 2. The SMILES string of the molecule is COc1ccc2c(OC3C[C@H]4C(=O)N[C@]5(C(=O)O)C[C@H]5/C=C\CCCCC[C@H](NC(=O)OC(C)(C)C)C(=O)N4C3)cc(-c3nc4c(s3)CCC4)nc2c1. The number of amides is 3. The minimum Gasteiger partial charge on any atom is -0.497 e. The Kier molecular flexibility index (Phi) is 10.1. The Bertz CT molecular complexity index is 1930. The molecule has 3 aromatic rings. The molecule has 4 heterocycles. The summed E-state index contributed by atoms with van der Waals surface area (Å²) in [6, 6.07) is 5.37. The van der Waals surface area contributed by atoms with Crippen molar-refractivity contribution in [1.29, 1.82) is 0 Å². The molecule has 2 aromatic heterocycles. The first-order valence-corrected chi connectivity index (χ1v) is 19.3. The molecule has 7 rings (SSSR count). The number of fused-ring (bicyclic) bond motifs is 4. The molecule has 282 valence electrons. The molecule has 2 aliphatic heterocycles. The van der Waals surface area contributed by atoms with Gasteiger partial charge in [0.2, 0.25) is 11.8 Å². The fourth-order valence-corrected chi connectivity index (χ4v) is 8.70. The lowest BCUT2D eigenvalue weighted by atomic mass is 10.0. The minimum atomic E-state index is -1.45. The number of aryl methyl sites for hydroxylation is 2. The van der Waals surface area contributed by atoms with E-state index in [2.05, 4.69) is 10.6 Å². The molecule has 1 unspecified atom stereocenters. The van der Waals surface area contributed by atoms with Gasteiger partial charge in [0.15, 0.2) is 0 Å². The number of carboxylic acids is 1. The molecule has 0 spiro atoms. The van der Waals surface area contributed by atoms with Gasteiger partial charge in [0.1, 0.15) is 51.5 Å². The number of alkyl carbamates (subject to hydrolysis) is 1. The average molecular weight is 746 g/mol. The maximum Gasteiger partial charge on any atom is 0.408 e. The number of ether oxygens (including phenoxy) is 3. The second-order valence-electron chi connectivity index (χ2n) is 15.5. The van der Waals surface area contributed by atoms with Crippen molar-refractivity contribution in [2.45, 2.75) is 114 Å². The Balaban J connectivity index is 1.22. The van der Waals surface area contributed by atoms with Crippen LogP contribution < -0.4 is 20.1 Å². The predicted molar refractivity (Wildman–Crippen MR) is 198 cm³/mol. The number of nitrogens with zero attached hydrogens (tertiary/aromatic N) is 3. The maximum absolute atomic E-state index is 14.5. The van der Waals surface area contributed by atoms with E-state index in [-0.39, 0.29) is 25.3 Å². The molecule has 0 radical (unpaired) electrons. The van der Waals surface area contributed by atoms with Crippen LogP contribution in [0.1, 0.15) is 82.7 Å². The topological polar surface area (TPSA) is 169 Å². The van der Waals surface area contributed by atoms with Gasteiger partial charge >= 0.3 is 12.1 Å². The normalized spacial score (nSPS) is 26.7. The first kappa shape index (κ1) is 36.6. The Labute approximate surface area is 312 Å². The lowest BCUT2D eigenvalue weighted by Gasteiger charge is -2.30. The lowest BCUT2D eigenvalue weighted by Crippen LogP contribution is -2.56. The highest BCUT2D eigenvalue weighted by molar-refractivity contribution is 7.15. The molecule has 1 saturated heterocycles. The number of nitrogens with one attached hydrogen (secondary N) is 2. The summed E-state index contributed by atoms with van der Waals surface area (Å²) < 4.78 is 17.7. The van der Waals surface area contributed by atoms with E-state index in [0.29, 0.717) is 35.6 Å². The standard InChI is InChI=1S/C39H47N5O8S/c1-38(2,3)52-37(49)42-27-12-9-7-5-6-8-11-22-20-39(22,36(47)48)43-33(45)30-18-24(21-44(30)35(27)46)51-31-19-29(34-41-26-13-10-14-32(26)53-34)40-28-17-23(50-4)15-16-25(28)31/h8,11,15-17,19,22,24,27,30H,5-7,9-10,12-14,18,20-21H2,1-4H3,(H,42,49)(H,43,45)(H,47,48)/b11-8-/t22-,24?,27+,30+,39-/m1/s1. The first-order chi connectivity index (χ1) is 25.3. The molecule has 4 aliphatic rings. The summed E-state index contributed by atoms with van der Waals surface area (Å²) in [4.78, 5) is 66.6. The molecular weight excluding hydrogens is 699 g/mol. The third kappa shape index (κ3) is 7.83. The molecule has 3 amide bonds. The van der Waals surface area contributed by atoms with Crippen LogP contribution in [0.4, 0.5) is 4.79 Å². The summed E-state index contributed by atoms with van der Waals surface area (Å²) in [5.41, 5.74) is 0.173. The number of aliphatic carboxylic acids is 1. The van der Waals surface area contributed by atoms with Crippen LogP contribution in [0.5, 0.6) is 11.5 Å². The van der Waals surface area contributed by atoms with Crippen LogP contribution in [0.15, 0.2) is 36.4 Å². The van der Waals surface area contributed by atoms with Gasteiger partial charge in [-0.1, -0.05) is 25.0 Å². The van der Waals surface area contributed by atoms with Crippen LogP contribution in [0.3, 0.4) is 0 Å². The molecular formula is C39H47N5O8S. The fraction of sp³-hybridized carbons (Fsp3) is 0.538. The second kappa shape index (κ2) is 14.6. The van der Waals surface area contributed by atoms with E-state index in [9.17, 15) is 24.3 Å². The van der Waals surface area contributed by atoms with Crippen LogP contribution in [-0.2, 0) is 32.0 Å². The first-order valence-electron chi connectivity index (χ1n) is 18.5. The van der Waals surface area contributed by atoms with E-state index in [1.807, 2.05) is 36.4 Å². The van der Waals surface area contributed by atoms with Gasteiger partial charge in [0.05, 0.1) is 24.9 Å². The van der Waals surface area contributed by atoms with Gasteiger partial charge in [-0.2, -0.15) is 0 Å². The third-order valence-electron chi connectivity index (χ3n) is 10.4. The van der Waals surface area contributed by atoms with Crippen molar-refractivity contribution >= 4 is 46.1 Å². The van der Waals surface area contributed by atoms with Crippen molar-refractivity contribution in [3.05, 3.63) is 47.0 Å².